The van der Waals surface area contributed by atoms with Crippen molar-refractivity contribution in [2.45, 2.75) is 114 Å². The molecule has 4 unspecified atom stereocenters. The van der Waals surface area contributed by atoms with Gasteiger partial charge in [0.15, 0.2) is 11.6 Å². The molecule has 5 heterocycles. The highest BCUT2D eigenvalue weighted by Crippen LogP contribution is 2.41. The van der Waals surface area contributed by atoms with Crippen molar-refractivity contribution in [2.75, 3.05) is 63.9 Å². The molecule has 5 aliphatic heterocycles. The third kappa shape index (κ3) is 12.4. The maximum Gasteiger partial charge on any atom is 0.264 e. The molecule has 1 saturated carbocycles. The topological polar surface area (TPSA) is 193 Å². The number of imide groups is 1. The van der Waals surface area contributed by atoms with E-state index in [0.29, 0.717) is 48.0 Å². The first-order valence-electron chi connectivity index (χ1n) is 27.9. The first kappa shape index (κ1) is 54.2. The van der Waals surface area contributed by atoms with E-state index in [0.717, 1.165) is 131 Å². The van der Waals surface area contributed by atoms with Crippen molar-refractivity contribution in [3.05, 3.63) is 118 Å². The van der Waals surface area contributed by atoms with Crippen LogP contribution in [0.5, 0.6) is 5.75 Å². The van der Waals surface area contributed by atoms with Gasteiger partial charge in [-0.3, -0.25) is 33.8 Å². The van der Waals surface area contributed by atoms with E-state index in [1.54, 1.807) is 18.2 Å². The second-order valence-corrected chi connectivity index (χ2v) is 22.5. The van der Waals surface area contributed by atoms with Crippen LogP contribution in [0.25, 0.3) is 11.1 Å². The number of nitrogens with zero attached hydrogens (tertiary/aromatic N) is 3. The molecule has 1 aliphatic carbocycles. The van der Waals surface area contributed by atoms with Crippen LogP contribution in [-0.2, 0) is 19.1 Å². The molecule has 4 aromatic carbocycles. The Labute approximate surface area is 455 Å². The number of carbonyl (C=O) groups excluding carboxylic acids is 6. The van der Waals surface area contributed by atoms with Crippen molar-refractivity contribution < 1.29 is 42.6 Å². The van der Waals surface area contributed by atoms with E-state index < -0.39 is 41.4 Å². The average molecular weight is 1070 g/mol. The van der Waals surface area contributed by atoms with E-state index in [2.05, 4.69) is 37.9 Å². The smallest absolute Gasteiger partial charge is 0.264 e. The van der Waals surface area contributed by atoms with E-state index in [-0.39, 0.29) is 71.5 Å². The number of benzene rings is 4. The molecule has 4 saturated heterocycles. The fourth-order valence-electron chi connectivity index (χ4n) is 12.8. The third-order valence-electron chi connectivity index (χ3n) is 17.2. The Morgan fingerprint density at radius 2 is 1.57 bits per heavy atom. The number of hydrogen-bond donors (Lipinski definition) is 4. The van der Waals surface area contributed by atoms with Gasteiger partial charge in [-0.25, -0.2) is 4.39 Å². The molecule has 10 rings (SSSR count). The predicted molar refractivity (Wildman–Crippen MR) is 292 cm³/mol. The van der Waals surface area contributed by atoms with Gasteiger partial charge in [0.2, 0.25) is 17.7 Å². The fraction of sp³-hybridized carbons (Fsp3) is 0.500. The minimum Gasteiger partial charge on any atom is -0.490 e. The Balaban J connectivity index is 0.672. The summed E-state index contributed by atoms with van der Waals surface area (Å²) in [6.45, 7) is 5.51. The van der Waals surface area contributed by atoms with Crippen molar-refractivity contribution in [2.24, 2.45) is 23.5 Å². The van der Waals surface area contributed by atoms with Crippen LogP contribution in [0.3, 0.4) is 0 Å². The van der Waals surface area contributed by atoms with Gasteiger partial charge < -0.3 is 40.9 Å². The Morgan fingerprint density at radius 3 is 2.29 bits per heavy atom. The zero-order valence-corrected chi connectivity index (χ0v) is 44.5. The van der Waals surface area contributed by atoms with Crippen LogP contribution in [-0.4, -0.2) is 129 Å². The number of nitrogens with two attached hydrogens (primary N) is 1. The van der Waals surface area contributed by atoms with E-state index in [4.69, 9.17) is 26.8 Å². The molecule has 408 valence electrons. The number of amides is 5. The molecule has 0 aromatic heterocycles. The maximum absolute atomic E-state index is 16.5. The predicted octanol–water partition coefficient (Wildman–Crippen LogP) is 7.66. The van der Waals surface area contributed by atoms with Crippen molar-refractivity contribution in [3.63, 3.8) is 0 Å². The summed E-state index contributed by atoms with van der Waals surface area (Å²) in [4.78, 5) is 83.3. The minimum atomic E-state index is -1.00. The van der Waals surface area contributed by atoms with Crippen molar-refractivity contribution in [1.82, 2.24) is 25.8 Å². The number of piperidine rings is 3. The summed E-state index contributed by atoms with van der Waals surface area (Å²) in [5.74, 6) is -2.15. The van der Waals surface area contributed by atoms with Gasteiger partial charge in [-0.15, -0.1) is 0 Å². The van der Waals surface area contributed by atoms with Crippen LogP contribution in [0.2, 0.25) is 5.02 Å². The molecule has 0 bridgehead atoms. The number of hydrogen-bond acceptors (Lipinski definition) is 11. The number of anilines is 1. The van der Waals surface area contributed by atoms with Gasteiger partial charge in [0.25, 0.3) is 11.8 Å². The Kier molecular flexibility index (Phi) is 17.3. The lowest BCUT2D eigenvalue weighted by Gasteiger charge is -2.38. The lowest BCUT2D eigenvalue weighted by Crippen LogP contribution is -2.55. The van der Waals surface area contributed by atoms with Crippen LogP contribution < -0.4 is 31.3 Å². The van der Waals surface area contributed by atoms with E-state index in [1.807, 2.05) is 36.4 Å². The largest absolute Gasteiger partial charge is 0.490 e. The molecule has 5 fully saturated rings. The molecule has 15 nitrogen and oxygen atoms in total. The maximum atomic E-state index is 16.5. The lowest BCUT2D eigenvalue weighted by atomic mass is 9.82. The lowest BCUT2D eigenvalue weighted by molar-refractivity contribution is -0.128. The standard InChI is InChI=1S/C60H71ClFN7O8/c61-49-17-11-41(32-47(49)54-45(57(63)72)16-18-52(56(54)62)77-29-23-44-8-5-28-76-44)48(40-6-2-1-3-7-40)34-64-42-12-14-43(15-13-42)66-53(71)35-67-24-19-37(20-25-67)30-38-21-26-68(27-22-38)50-10-4-9-46-55(50)60(75)69(59(46)74)51-31-39(36-70)33-65-58(51)73/h1-4,6-7,9-11,16-18,32,36-39,42-44,48,51,64H,5,8,12-15,19-31,33-35H2,(H2,63,72)(H,65,73)(H,66,71). The van der Waals surface area contributed by atoms with Crippen LogP contribution in [0.4, 0.5) is 10.1 Å². The normalized spacial score (nSPS) is 23.9. The first-order valence-corrected chi connectivity index (χ1v) is 28.3. The van der Waals surface area contributed by atoms with Crippen molar-refractivity contribution >= 4 is 53.1 Å². The minimum absolute atomic E-state index is 0.0164. The van der Waals surface area contributed by atoms with Gasteiger partial charge in [-0.05, 0) is 150 Å². The molecule has 0 radical (unpaired) electrons. The number of ether oxygens (including phenoxy) is 2. The van der Waals surface area contributed by atoms with Gasteiger partial charge in [0.1, 0.15) is 12.3 Å². The Bertz CT molecular complexity index is 2810. The van der Waals surface area contributed by atoms with E-state index >= 15 is 4.39 Å². The second kappa shape index (κ2) is 24.6. The molecule has 5 N–H and O–H groups in total. The molecule has 17 heteroatoms. The summed E-state index contributed by atoms with van der Waals surface area (Å²) in [6, 6.07) is 23.3. The van der Waals surface area contributed by atoms with Gasteiger partial charge in [0, 0.05) is 79.3 Å². The van der Waals surface area contributed by atoms with Crippen LogP contribution >= 0.6 is 11.6 Å². The number of primary amides is 1. The zero-order valence-electron chi connectivity index (χ0n) is 43.7. The van der Waals surface area contributed by atoms with Gasteiger partial charge in [0.05, 0.1) is 41.6 Å². The number of likely N-dealkylation sites (tertiary alicyclic amines) is 1. The molecule has 0 spiro atoms. The average Bonchev–Trinajstić information content (AvgIpc) is 4.14. The van der Waals surface area contributed by atoms with Crippen molar-refractivity contribution in [3.8, 4) is 16.9 Å². The van der Waals surface area contributed by atoms with Gasteiger partial charge >= 0.3 is 0 Å². The summed E-state index contributed by atoms with van der Waals surface area (Å²) in [5, 5.41) is 10.1. The summed E-state index contributed by atoms with van der Waals surface area (Å²) < 4.78 is 28.1. The highest BCUT2D eigenvalue weighted by Gasteiger charge is 2.47. The number of halogens is 2. The number of nitrogens with one attached hydrogen (secondary N) is 3. The molecule has 4 atom stereocenters. The van der Waals surface area contributed by atoms with Crippen LogP contribution in [0.15, 0.2) is 78.9 Å². The highest BCUT2D eigenvalue weighted by atomic mass is 35.5. The second-order valence-electron chi connectivity index (χ2n) is 22.1. The summed E-state index contributed by atoms with van der Waals surface area (Å²) in [5.41, 5.74) is 9.58. The van der Waals surface area contributed by atoms with E-state index in [9.17, 15) is 28.8 Å². The summed E-state index contributed by atoms with van der Waals surface area (Å²) in [7, 11) is 0. The molecule has 77 heavy (non-hydrogen) atoms. The van der Waals surface area contributed by atoms with Gasteiger partial charge in [-0.1, -0.05) is 54.1 Å². The van der Waals surface area contributed by atoms with Crippen LogP contribution in [0.1, 0.15) is 132 Å². The molecular weight excluding hydrogens is 1000 g/mol. The van der Waals surface area contributed by atoms with Crippen molar-refractivity contribution in [1.29, 1.82) is 0 Å². The molecule has 6 aliphatic rings. The monoisotopic (exact) mass is 1070 g/mol. The zero-order chi connectivity index (χ0) is 53.6. The Hall–Kier alpha value is -6.20. The van der Waals surface area contributed by atoms with Gasteiger partial charge in [-0.2, -0.15) is 0 Å². The number of fused-ring (bicyclic) bond motifs is 1. The Morgan fingerprint density at radius 1 is 0.831 bits per heavy atom. The van der Waals surface area contributed by atoms with E-state index in [1.165, 1.54) is 12.1 Å². The third-order valence-corrected chi connectivity index (χ3v) is 17.5. The first-order chi connectivity index (χ1) is 37.4. The SMILES string of the molecule is NC(=O)c1ccc(OCCC2CCCO2)c(F)c1-c1cc(C(CNC2CCC(NC(=O)CN3CCC(CC4CCN(c5cccc6c5C(=O)N(C5CC(C=O)CNC5=O)C6=O)CC4)CC3)CC2)c2ccccc2)ccc1Cl. The number of aldehydes is 1. The molecular formula is C60H71ClFN7O8. The number of carbonyl (C=O) groups is 6. The van der Waals surface area contributed by atoms with Crippen LogP contribution in [0, 0.1) is 23.6 Å². The summed E-state index contributed by atoms with van der Waals surface area (Å²) >= 11 is 6.82. The quantitative estimate of drug-likeness (QED) is 0.0533. The number of rotatable bonds is 19. The molecule has 4 aromatic rings. The fourth-order valence-corrected chi connectivity index (χ4v) is 13.0. The molecule has 5 amide bonds. The highest BCUT2D eigenvalue weighted by molar-refractivity contribution is 6.33. The summed E-state index contributed by atoms with van der Waals surface area (Å²) in [6.07, 6.45) is 12.3.